The second-order valence-electron chi connectivity index (χ2n) is 3.66. The molecule has 0 atom stereocenters. The Morgan fingerprint density at radius 2 is 2.08 bits per heavy atom. The topological polar surface area (TPSA) is 81.1 Å². The van der Waals surface area contributed by atoms with Crippen molar-refractivity contribution in [3.8, 4) is 0 Å². The third-order valence-electron chi connectivity index (χ3n) is 1.32. The average Bonchev–Trinajstić information content (AvgIpc) is 1.84. The van der Waals surface area contributed by atoms with Crippen molar-refractivity contribution in [3.05, 3.63) is 0 Å². The fraction of sp³-hybridized carbons (Fsp3) is 0.875. The number of rotatable bonds is 5. The molecule has 0 rings (SSSR count). The molecule has 0 radical (unpaired) electrons. The van der Waals surface area contributed by atoms with E-state index in [4.69, 9.17) is 11.5 Å². The lowest BCUT2D eigenvalue weighted by molar-refractivity contribution is -0.121. The van der Waals surface area contributed by atoms with Crippen molar-refractivity contribution in [3.63, 3.8) is 0 Å². The van der Waals surface area contributed by atoms with Gasteiger partial charge in [-0.1, -0.05) is 0 Å². The number of carbonyl (C=O) groups excluding carboxylic acids is 1. The first-order valence-electron chi connectivity index (χ1n) is 4.21. The minimum absolute atomic E-state index is 0.00375. The van der Waals surface area contributed by atoms with E-state index in [1.54, 1.807) is 0 Å². The molecule has 0 aliphatic carbocycles. The summed E-state index contributed by atoms with van der Waals surface area (Å²) in [6, 6.07) is 0. The Labute approximate surface area is 73.7 Å². The van der Waals surface area contributed by atoms with E-state index in [2.05, 4.69) is 5.32 Å². The van der Waals surface area contributed by atoms with E-state index in [1.807, 2.05) is 13.8 Å². The van der Waals surface area contributed by atoms with Gasteiger partial charge < -0.3 is 16.8 Å². The van der Waals surface area contributed by atoms with Gasteiger partial charge in [-0.15, -0.1) is 0 Å². The van der Waals surface area contributed by atoms with Crippen LogP contribution in [0.5, 0.6) is 0 Å². The number of hydrogen-bond acceptors (Lipinski definition) is 3. The van der Waals surface area contributed by atoms with Crippen LogP contribution < -0.4 is 16.8 Å². The van der Waals surface area contributed by atoms with Crippen LogP contribution in [0.25, 0.3) is 0 Å². The largest absolute Gasteiger partial charge is 0.356 e. The fourth-order valence-corrected chi connectivity index (χ4v) is 0.806. The first-order valence-corrected chi connectivity index (χ1v) is 4.21. The maximum atomic E-state index is 11.1. The number of carbonyl (C=O) groups is 1. The Bertz CT molecular complexity index is 140. The van der Waals surface area contributed by atoms with E-state index >= 15 is 0 Å². The van der Waals surface area contributed by atoms with Gasteiger partial charge in [-0.05, 0) is 26.8 Å². The quantitative estimate of drug-likeness (QED) is 0.494. The molecule has 0 saturated heterocycles. The van der Waals surface area contributed by atoms with Crippen molar-refractivity contribution < 1.29 is 4.79 Å². The molecule has 0 aromatic carbocycles. The third-order valence-corrected chi connectivity index (χ3v) is 1.32. The number of nitrogens with two attached hydrogens (primary N) is 2. The van der Waals surface area contributed by atoms with E-state index in [-0.39, 0.29) is 5.91 Å². The first-order chi connectivity index (χ1) is 5.45. The van der Waals surface area contributed by atoms with Crippen LogP contribution >= 0.6 is 0 Å². The highest BCUT2D eigenvalue weighted by Gasteiger charge is 2.15. The van der Waals surface area contributed by atoms with Crippen molar-refractivity contribution in [1.29, 1.82) is 0 Å². The van der Waals surface area contributed by atoms with E-state index < -0.39 is 5.54 Å². The van der Waals surface area contributed by atoms with Crippen LogP contribution in [-0.2, 0) is 4.79 Å². The molecule has 0 aromatic heterocycles. The smallest absolute Gasteiger partial charge is 0.221 e. The zero-order valence-electron chi connectivity index (χ0n) is 7.89. The molecule has 0 aromatic rings. The van der Waals surface area contributed by atoms with Crippen molar-refractivity contribution in [2.45, 2.75) is 32.2 Å². The molecule has 4 heteroatoms. The van der Waals surface area contributed by atoms with Gasteiger partial charge in [0, 0.05) is 18.5 Å². The van der Waals surface area contributed by atoms with E-state index in [9.17, 15) is 4.79 Å². The molecule has 0 aliphatic rings. The minimum Gasteiger partial charge on any atom is -0.356 e. The summed E-state index contributed by atoms with van der Waals surface area (Å²) in [5.41, 5.74) is 10.5. The van der Waals surface area contributed by atoms with Crippen molar-refractivity contribution in [1.82, 2.24) is 5.32 Å². The maximum Gasteiger partial charge on any atom is 0.221 e. The zero-order chi connectivity index (χ0) is 9.61. The predicted molar refractivity (Wildman–Crippen MR) is 49.6 cm³/mol. The molecule has 0 aliphatic heterocycles. The minimum atomic E-state index is -0.424. The molecule has 0 bridgehead atoms. The summed E-state index contributed by atoms with van der Waals surface area (Å²) in [4.78, 5) is 11.1. The molecule has 0 fully saturated rings. The van der Waals surface area contributed by atoms with Gasteiger partial charge in [-0.3, -0.25) is 4.79 Å². The molecule has 0 saturated carbocycles. The van der Waals surface area contributed by atoms with Crippen molar-refractivity contribution in [2.75, 3.05) is 13.1 Å². The van der Waals surface area contributed by atoms with Gasteiger partial charge in [0.15, 0.2) is 0 Å². The van der Waals surface area contributed by atoms with Crippen molar-refractivity contribution in [2.24, 2.45) is 11.5 Å². The number of amides is 1. The molecule has 12 heavy (non-hydrogen) atoms. The monoisotopic (exact) mass is 173 g/mol. The number of nitrogens with one attached hydrogen (secondary N) is 1. The van der Waals surface area contributed by atoms with Crippen LogP contribution in [-0.4, -0.2) is 24.5 Å². The normalized spacial score (nSPS) is 11.3. The molecular weight excluding hydrogens is 154 g/mol. The van der Waals surface area contributed by atoms with Crippen LogP contribution in [0.4, 0.5) is 0 Å². The Kier molecular flexibility index (Phi) is 4.85. The average molecular weight is 173 g/mol. The lowest BCUT2D eigenvalue weighted by Gasteiger charge is -2.17. The summed E-state index contributed by atoms with van der Waals surface area (Å²) in [5, 5.41) is 2.74. The van der Waals surface area contributed by atoms with E-state index in [0.29, 0.717) is 19.5 Å². The highest BCUT2D eigenvalue weighted by atomic mass is 16.1. The molecule has 4 nitrogen and oxygen atoms in total. The zero-order valence-corrected chi connectivity index (χ0v) is 7.89. The summed E-state index contributed by atoms with van der Waals surface area (Å²) in [5.74, 6) is -0.00375. The summed E-state index contributed by atoms with van der Waals surface area (Å²) in [6.07, 6.45) is 1.17. The maximum absolute atomic E-state index is 11.1. The predicted octanol–water partition coefficient (Wildman–Crippen LogP) is -0.421. The van der Waals surface area contributed by atoms with Gasteiger partial charge in [0.2, 0.25) is 5.91 Å². The molecule has 0 heterocycles. The lowest BCUT2D eigenvalue weighted by Crippen LogP contribution is -2.39. The number of hydrogen-bond donors (Lipinski definition) is 3. The summed E-state index contributed by atoms with van der Waals surface area (Å²) >= 11 is 0. The van der Waals surface area contributed by atoms with Gasteiger partial charge in [0.1, 0.15) is 0 Å². The van der Waals surface area contributed by atoms with Crippen molar-refractivity contribution >= 4 is 5.91 Å². The Hall–Kier alpha value is -0.610. The highest BCUT2D eigenvalue weighted by Crippen LogP contribution is 2.02. The lowest BCUT2D eigenvalue weighted by atomic mass is 10.0. The van der Waals surface area contributed by atoms with Crippen LogP contribution in [0, 0.1) is 0 Å². The molecule has 1 amide bonds. The molecule has 72 valence electrons. The summed E-state index contributed by atoms with van der Waals surface area (Å²) < 4.78 is 0. The third kappa shape index (κ3) is 7.50. The first kappa shape index (κ1) is 11.4. The van der Waals surface area contributed by atoms with Crippen LogP contribution in [0.15, 0.2) is 0 Å². The standard InChI is InChI=1S/C8H19N3O/c1-8(2,10)6-7(12)11-5-3-4-9/h3-6,9-10H2,1-2H3,(H,11,12). The van der Waals surface area contributed by atoms with Gasteiger partial charge in [0.05, 0.1) is 0 Å². The second kappa shape index (κ2) is 5.11. The van der Waals surface area contributed by atoms with Gasteiger partial charge >= 0.3 is 0 Å². The molecule has 0 unspecified atom stereocenters. The summed E-state index contributed by atoms with van der Waals surface area (Å²) in [6.45, 7) is 4.91. The van der Waals surface area contributed by atoms with E-state index in [0.717, 1.165) is 6.42 Å². The second-order valence-corrected chi connectivity index (χ2v) is 3.66. The fourth-order valence-electron chi connectivity index (χ4n) is 0.806. The SMILES string of the molecule is CC(C)(N)CC(=O)NCCCN. The molecule has 0 spiro atoms. The van der Waals surface area contributed by atoms with E-state index in [1.165, 1.54) is 0 Å². The molecule has 5 N–H and O–H groups in total. The Balaban J connectivity index is 3.47. The van der Waals surface area contributed by atoms with Gasteiger partial charge in [-0.25, -0.2) is 0 Å². The van der Waals surface area contributed by atoms with Crippen LogP contribution in [0.3, 0.4) is 0 Å². The Morgan fingerprint density at radius 3 is 2.50 bits per heavy atom. The van der Waals surface area contributed by atoms with Gasteiger partial charge in [0.25, 0.3) is 0 Å². The highest BCUT2D eigenvalue weighted by molar-refractivity contribution is 5.76. The summed E-state index contributed by atoms with van der Waals surface area (Å²) in [7, 11) is 0. The van der Waals surface area contributed by atoms with Gasteiger partial charge in [-0.2, -0.15) is 0 Å². The molecular formula is C8H19N3O. The van der Waals surface area contributed by atoms with Crippen LogP contribution in [0.1, 0.15) is 26.7 Å². The van der Waals surface area contributed by atoms with Crippen LogP contribution in [0.2, 0.25) is 0 Å². The Morgan fingerprint density at radius 1 is 1.50 bits per heavy atom.